The molecule has 2 unspecified atom stereocenters. The van der Waals surface area contributed by atoms with Crippen LogP contribution < -0.4 is 15.2 Å². The average Bonchev–Trinajstić information content (AvgIpc) is 2.71. The van der Waals surface area contributed by atoms with E-state index in [4.69, 9.17) is 4.74 Å². The lowest BCUT2D eigenvalue weighted by Crippen LogP contribution is -2.61. The third-order valence-corrected chi connectivity index (χ3v) is 5.00. The van der Waals surface area contributed by atoms with Crippen LogP contribution in [-0.4, -0.2) is 35.3 Å². The molecule has 0 N–H and O–H groups in total. The van der Waals surface area contributed by atoms with Gasteiger partial charge in [-0.2, -0.15) is 0 Å². The molecule has 1 aliphatic heterocycles. The van der Waals surface area contributed by atoms with Gasteiger partial charge in [-0.05, 0) is 18.9 Å². The van der Waals surface area contributed by atoms with Gasteiger partial charge < -0.3 is 9.64 Å². The second-order valence-electron chi connectivity index (χ2n) is 6.62. The zero-order valence-electron chi connectivity index (χ0n) is 16.2. The van der Waals surface area contributed by atoms with E-state index in [0.29, 0.717) is 13.0 Å². The van der Waals surface area contributed by atoms with E-state index in [9.17, 15) is 9.59 Å². The Labute approximate surface area is 164 Å². The fourth-order valence-corrected chi connectivity index (χ4v) is 3.74. The van der Waals surface area contributed by atoms with E-state index in [1.54, 1.807) is 21.8 Å². The quantitative estimate of drug-likeness (QED) is 0.694. The smallest absolute Gasteiger partial charge is 0.278 e. The van der Waals surface area contributed by atoms with Crippen LogP contribution in [0.15, 0.2) is 72.7 Å². The van der Waals surface area contributed by atoms with Crippen molar-refractivity contribution in [2.45, 2.75) is 25.6 Å². The van der Waals surface area contributed by atoms with Crippen molar-refractivity contribution < 1.29 is 9.53 Å². The predicted octanol–water partition coefficient (Wildman–Crippen LogP) is 3.10. The van der Waals surface area contributed by atoms with Crippen molar-refractivity contribution in [2.24, 2.45) is 0 Å². The topological polar surface area (TPSA) is 54.8 Å². The average molecular weight is 379 g/mol. The van der Waals surface area contributed by atoms with Crippen LogP contribution in [0.1, 0.15) is 35.4 Å². The number of carbonyl (C=O) groups is 1. The molecule has 146 valence electrons. The number of nitrogens with zero attached hydrogens (tertiary/aromatic N) is 3. The molecule has 0 bridgehead atoms. The lowest BCUT2D eigenvalue weighted by Gasteiger charge is -2.48. The van der Waals surface area contributed by atoms with E-state index < -0.39 is 0 Å². The molecule has 0 saturated carbocycles. The van der Waals surface area contributed by atoms with Crippen molar-refractivity contribution in [3.8, 4) is 5.75 Å². The zero-order chi connectivity index (χ0) is 20.3. The summed E-state index contributed by atoms with van der Waals surface area (Å²) in [6.45, 7) is 10.0. The molecule has 6 nitrogen and oxygen atoms in total. The molecule has 1 aromatic heterocycles. The number of ether oxygens (including phenoxy) is 1. The van der Waals surface area contributed by atoms with Crippen molar-refractivity contribution in [3.05, 3.63) is 89.4 Å². The Morgan fingerprint density at radius 1 is 1.14 bits per heavy atom. The summed E-state index contributed by atoms with van der Waals surface area (Å²) in [6, 6.07) is 11.4. The molecule has 2 heterocycles. The van der Waals surface area contributed by atoms with Crippen molar-refractivity contribution >= 4 is 5.91 Å². The molecule has 2 atom stereocenters. The lowest BCUT2D eigenvalue weighted by molar-refractivity contribution is 0.0597. The number of fused-ring (bicyclic) bond motifs is 1. The fourth-order valence-electron chi connectivity index (χ4n) is 3.74. The molecule has 28 heavy (non-hydrogen) atoms. The molecule has 0 radical (unpaired) electrons. The van der Waals surface area contributed by atoms with Crippen molar-refractivity contribution in [2.75, 3.05) is 18.7 Å². The minimum Gasteiger partial charge on any atom is -0.491 e. The normalized spacial score (nSPS) is 17.1. The molecule has 0 fully saturated rings. The van der Waals surface area contributed by atoms with E-state index in [2.05, 4.69) is 30.3 Å². The van der Waals surface area contributed by atoms with Crippen LogP contribution in [0.25, 0.3) is 0 Å². The first-order chi connectivity index (χ1) is 13.5. The summed E-state index contributed by atoms with van der Waals surface area (Å²) < 4.78 is 7.06. The Bertz CT molecular complexity index is 936. The van der Waals surface area contributed by atoms with E-state index in [1.165, 1.54) is 13.2 Å². The number of pyridine rings is 1. The van der Waals surface area contributed by atoms with E-state index in [1.807, 2.05) is 31.2 Å². The summed E-state index contributed by atoms with van der Waals surface area (Å²) in [5.41, 5.74) is 0.987. The molecule has 0 aliphatic carbocycles. The van der Waals surface area contributed by atoms with Gasteiger partial charge >= 0.3 is 0 Å². The van der Waals surface area contributed by atoms with Gasteiger partial charge in [0, 0.05) is 18.8 Å². The van der Waals surface area contributed by atoms with Crippen LogP contribution >= 0.6 is 0 Å². The maximum Gasteiger partial charge on any atom is 0.278 e. The standard InChI is InChI=1S/C22H25N3O3/c1-5-10-18(17-11-8-7-9-12-17)25-16(3)23(14-6-2)22(27)20-21(28-4)19(26)13-15-24(20)25/h5-9,11-13,15-16,18H,1-2,10,14H2,3-4H3. The predicted molar refractivity (Wildman–Crippen MR) is 110 cm³/mol. The molecule has 3 rings (SSSR count). The fraction of sp³-hybridized carbons (Fsp3) is 0.273. The minimum atomic E-state index is -0.324. The maximum atomic E-state index is 13.2. The molecule has 1 aromatic carbocycles. The minimum absolute atomic E-state index is 0.0453. The summed E-state index contributed by atoms with van der Waals surface area (Å²) >= 11 is 0. The van der Waals surface area contributed by atoms with Crippen LogP contribution in [0.5, 0.6) is 5.75 Å². The van der Waals surface area contributed by atoms with Gasteiger partial charge in [0.25, 0.3) is 5.91 Å². The van der Waals surface area contributed by atoms with E-state index in [0.717, 1.165) is 5.56 Å². The summed E-state index contributed by atoms with van der Waals surface area (Å²) in [7, 11) is 1.41. The van der Waals surface area contributed by atoms with Crippen LogP contribution in [0.4, 0.5) is 0 Å². The Morgan fingerprint density at radius 2 is 1.86 bits per heavy atom. The first-order valence-electron chi connectivity index (χ1n) is 9.21. The Balaban J connectivity index is 2.26. The third-order valence-electron chi connectivity index (χ3n) is 5.00. The highest BCUT2D eigenvalue weighted by molar-refractivity contribution is 5.96. The zero-order valence-corrected chi connectivity index (χ0v) is 16.2. The Kier molecular flexibility index (Phi) is 5.68. The maximum absolute atomic E-state index is 13.2. The lowest BCUT2D eigenvalue weighted by atomic mass is 10.0. The molecule has 2 aromatic rings. The van der Waals surface area contributed by atoms with Gasteiger partial charge in [-0.3, -0.25) is 19.3 Å². The Morgan fingerprint density at radius 3 is 2.46 bits per heavy atom. The van der Waals surface area contributed by atoms with Crippen LogP contribution in [0, 0.1) is 0 Å². The Hall–Kier alpha value is -3.28. The van der Waals surface area contributed by atoms with Gasteiger partial charge in [0.2, 0.25) is 5.43 Å². The molecule has 6 heteroatoms. The number of benzene rings is 1. The van der Waals surface area contributed by atoms with Crippen LogP contribution in [0.2, 0.25) is 0 Å². The number of methoxy groups -OCH3 is 1. The highest BCUT2D eigenvalue weighted by Crippen LogP contribution is 2.32. The highest BCUT2D eigenvalue weighted by Gasteiger charge is 2.40. The number of carbonyl (C=O) groups excluding carboxylic acids is 1. The van der Waals surface area contributed by atoms with Gasteiger partial charge in [-0.15, -0.1) is 13.2 Å². The monoisotopic (exact) mass is 379 g/mol. The van der Waals surface area contributed by atoms with E-state index in [-0.39, 0.29) is 35.0 Å². The summed E-state index contributed by atoms with van der Waals surface area (Å²) in [5, 5.41) is 2.08. The summed E-state index contributed by atoms with van der Waals surface area (Å²) in [4.78, 5) is 27.2. The SMILES string of the molecule is C=CCC(c1ccccc1)N1C(C)N(CC=C)C(=O)c2c(OC)c(=O)ccn21. The van der Waals surface area contributed by atoms with Gasteiger partial charge in [-0.25, -0.2) is 0 Å². The number of amides is 1. The third kappa shape index (κ3) is 3.22. The summed E-state index contributed by atoms with van der Waals surface area (Å²) in [6.07, 6.45) is 5.58. The highest BCUT2D eigenvalue weighted by atomic mass is 16.5. The van der Waals surface area contributed by atoms with Crippen LogP contribution in [0.3, 0.4) is 0 Å². The second-order valence-corrected chi connectivity index (χ2v) is 6.62. The molecule has 0 spiro atoms. The van der Waals surface area contributed by atoms with Crippen molar-refractivity contribution in [1.29, 1.82) is 0 Å². The first-order valence-corrected chi connectivity index (χ1v) is 9.21. The largest absolute Gasteiger partial charge is 0.491 e. The first kappa shape index (κ1) is 19.5. The van der Waals surface area contributed by atoms with Gasteiger partial charge in [0.05, 0.1) is 13.2 Å². The second kappa shape index (κ2) is 8.17. The number of hydrogen-bond donors (Lipinski definition) is 0. The van der Waals surface area contributed by atoms with Crippen molar-refractivity contribution in [3.63, 3.8) is 0 Å². The number of rotatable bonds is 7. The molecular formula is C22H25N3O3. The van der Waals surface area contributed by atoms with Gasteiger partial charge in [-0.1, -0.05) is 42.5 Å². The molecule has 1 aliphatic rings. The molecule has 0 saturated heterocycles. The van der Waals surface area contributed by atoms with Gasteiger partial charge in [0.15, 0.2) is 11.4 Å². The van der Waals surface area contributed by atoms with Gasteiger partial charge in [0.1, 0.15) is 6.17 Å². The number of hydrogen-bond acceptors (Lipinski definition) is 4. The molecular weight excluding hydrogens is 354 g/mol. The number of aromatic nitrogens is 1. The van der Waals surface area contributed by atoms with Crippen molar-refractivity contribution in [1.82, 2.24) is 9.58 Å². The molecule has 1 amide bonds. The van der Waals surface area contributed by atoms with E-state index >= 15 is 0 Å². The van der Waals surface area contributed by atoms with Crippen LogP contribution in [-0.2, 0) is 0 Å². The summed E-state index contributed by atoms with van der Waals surface area (Å²) in [5.74, 6) is -0.215.